The Labute approximate surface area is 158 Å². The van der Waals surface area contributed by atoms with Gasteiger partial charge in [-0.3, -0.25) is 9.59 Å². The second kappa shape index (κ2) is 8.06. The fraction of sp³-hybridized carbons (Fsp3) is 0.550. The molecule has 1 saturated heterocycles. The van der Waals surface area contributed by atoms with Crippen LogP contribution in [-0.4, -0.2) is 48.3 Å². The maximum atomic E-state index is 14.0. The topological polar surface area (TPSA) is 68.2 Å². The van der Waals surface area contributed by atoms with Gasteiger partial charge < -0.3 is 14.5 Å². The SMILES string of the molecule is CCOC(=O)[C@]1(C[C@@H]2CC(c3ccccc3F)=NO2)CCCN(C(C)=O)C1. The van der Waals surface area contributed by atoms with Crippen LogP contribution in [0.3, 0.4) is 0 Å². The van der Waals surface area contributed by atoms with Crippen LogP contribution in [0.25, 0.3) is 0 Å². The van der Waals surface area contributed by atoms with E-state index in [9.17, 15) is 14.0 Å². The van der Waals surface area contributed by atoms with Gasteiger partial charge in [-0.05, 0) is 25.8 Å². The highest BCUT2D eigenvalue weighted by Gasteiger charge is 2.47. The third-order valence-electron chi connectivity index (χ3n) is 5.27. The second-order valence-electron chi connectivity index (χ2n) is 7.20. The minimum atomic E-state index is -0.815. The van der Waals surface area contributed by atoms with E-state index in [1.165, 1.54) is 13.0 Å². The van der Waals surface area contributed by atoms with Gasteiger partial charge in [0.05, 0.1) is 17.7 Å². The molecule has 2 heterocycles. The molecule has 2 aliphatic heterocycles. The van der Waals surface area contributed by atoms with Crippen molar-refractivity contribution in [3.8, 4) is 0 Å². The highest BCUT2D eigenvalue weighted by Crippen LogP contribution is 2.39. The first kappa shape index (κ1) is 19.3. The molecule has 1 amide bonds. The third kappa shape index (κ3) is 4.12. The zero-order valence-corrected chi connectivity index (χ0v) is 15.7. The number of likely N-dealkylation sites (tertiary alicyclic amines) is 1. The minimum absolute atomic E-state index is 0.0565. The molecular weight excluding hydrogens is 351 g/mol. The number of carbonyl (C=O) groups excluding carboxylic acids is 2. The van der Waals surface area contributed by atoms with Crippen molar-refractivity contribution in [1.29, 1.82) is 0 Å². The molecule has 1 aromatic carbocycles. The quantitative estimate of drug-likeness (QED) is 0.741. The van der Waals surface area contributed by atoms with E-state index in [0.717, 1.165) is 6.42 Å². The molecule has 2 atom stereocenters. The molecule has 0 radical (unpaired) electrons. The highest BCUT2D eigenvalue weighted by molar-refractivity contribution is 6.01. The first-order valence-electron chi connectivity index (χ1n) is 9.35. The van der Waals surface area contributed by atoms with E-state index in [0.29, 0.717) is 43.6 Å². The maximum absolute atomic E-state index is 14.0. The number of nitrogens with zero attached hydrogens (tertiary/aromatic N) is 2. The molecule has 0 unspecified atom stereocenters. The smallest absolute Gasteiger partial charge is 0.314 e. The first-order valence-corrected chi connectivity index (χ1v) is 9.35. The Hall–Kier alpha value is -2.44. The zero-order chi connectivity index (χ0) is 19.4. The molecule has 0 spiro atoms. The maximum Gasteiger partial charge on any atom is 0.314 e. The number of hydrogen-bond acceptors (Lipinski definition) is 5. The predicted molar refractivity (Wildman–Crippen MR) is 97.6 cm³/mol. The summed E-state index contributed by atoms with van der Waals surface area (Å²) in [5, 5.41) is 4.05. The van der Waals surface area contributed by atoms with Crippen molar-refractivity contribution in [1.82, 2.24) is 4.90 Å². The van der Waals surface area contributed by atoms with E-state index in [1.807, 2.05) is 0 Å². The van der Waals surface area contributed by atoms with Gasteiger partial charge in [-0.2, -0.15) is 0 Å². The minimum Gasteiger partial charge on any atom is -0.466 e. The highest BCUT2D eigenvalue weighted by atomic mass is 19.1. The summed E-state index contributed by atoms with van der Waals surface area (Å²) in [6.07, 6.45) is 1.81. The summed E-state index contributed by atoms with van der Waals surface area (Å²) in [5.41, 5.74) is 0.140. The lowest BCUT2D eigenvalue weighted by molar-refractivity contribution is -0.163. The van der Waals surface area contributed by atoms with E-state index in [2.05, 4.69) is 5.16 Å². The molecule has 3 rings (SSSR count). The lowest BCUT2D eigenvalue weighted by Crippen LogP contribution is -2.51. The normalized spacial score (nSPS) is 24.9. The summed E-state index contributed by atoms with van der Waals surface area (Å²) in [6, 6.07) is 6.43. The van der Waals surface area contributed by atoms with Gasteiger partial charge >= 0.3 is 5.97 Å². The third-order valence-corrected chi connectivity index (χ3v) is 5.27. The Bertz CT molecular complexity index is 751. The van der Waals surface area contributed by atoms with Crippen LogP contribution in [0.2, 0.25) is 0 Å². The van der Waals surface area contributed by atoms with Crippen LogP contribution in [0, 0.1) is 11.2 Å². The Kier molecular flexibility index (Phi) is 5.77. The van der Waals surface area contributed by atoms with Crippen molar-refractivity contribution in [2.75, 3.05) is 19.7 Å². The van der Waals surface area contributed by atoms with E-state index in [-0.39, 0.29) is 30.4 Å². The van der Waals surface area contributed by atoms with E-state index in [4.69, 9.17) is 9.57 Å². The van der Waals surface area contributed by atoms with E-state index >= 15 is 0 Å². The number of ether oxygens (including phenoxy) is 1. The van der Waals surface area contributed by atoms with Gasteiger partial charge in [0.1, 0.15) is 11.9 Å². The van der Waals surface area contributed by atoms with Crippen molar-refractivity contribution in [2.45, 2.75) is 45.6 Å². The monoisotopic (exact) mass is 376 g/mol. The molecule has 0 N–H and O–H groups in total. The van der Waals surface area contributed by atoms with Crippen molar-refractivity contribution >= 4 is 17.6 Å². The largest absolute Gasteiger partial charge is 0.466 e. The predicted octanol–water partition coefficient (Wildman–Crippen LogP) is 2.90. The number of oxime groups is 1. The molecule has 27 heavy (non-hydrogen) atoms. The lowest BCUT2D eigenvalue weighted by Gasteiger charge is -2.41. The van der Waals surface area contributed by atoms with Gasteiger partial charge in [-0.1, -0.05) is 23.4 Å². The lowest BCUT2D eigenvalue weighted by atomic mass is 9.74. The van der Waals surface area contributed by atoms with Gasteiger partial charge in [-0.15, -0.1) is 0 Å². The van der Waals surface area contributed by atoms with Crippen molar-refractivity contribution in [3.63, 3.8) is 0 Å². The average molecular weight is 376 g/mol. The Morgan fingerprint density at radius 2 is 2.19 bits per heavy atom. The van der Waals surface area contributed by atoms with E-state index < -0.39 is 5.41 Å². The number of piperidine rings is 1. The van der Waals surface area contributed by atoms with Crippen LogP contribution in [0.4, 0.5) is 4.39 Å². The number of rotatable bonds is 5. The molecule has 2 aliphatic rings. The Balaban J connectivity index is 1.75. The summed E-state index contributed by atoms with van der Waals surface area (Å²) in [4.78, 5) is 31.9. The van der Waals surface area contributed by atoms with Gasteiger partial charge in [0.25, 0.3) is 0 Å². The second-order valence-corrected chi connectivity index (χ2v) is 7.20. The molecule has 0 aromatic heterocycles. The summed E-state index contributed by atoms with van der Waals surface area (Å²) in [6.45, 7) is 4.51. The van der Waals surface area contributed by atoms with Gasteiger partial charge in [0.2, 0.25) is 5.91 Å². The Morgan fingerprint density at radius 3 is 2.89 bits per heavy atom. The summed E-state index contributed by atoms with van der Waals surface area (Å²) >= 11 is 0. The van der Waals surface area contributed by atoms with Crippen LogP contribution in [0.1, 0.15) is 45.1 Å². The summed E-state index contributed by atoms with van der Waals surface area (Å²) in [7, 11) is 0. The first-order chi connectivity index (χ1) is 12.9. The number of carbonyl (C=O) groups is 2. The van der Waals surface area contributed by atoms with Gasteiger partial charge in [0, 0.05) is 38.4 Å². The van der Waals surface area contributed by atoms with Crippen molar-refractivity contribution < 1.29 is 23.6 Å². The molecule has 146 valence electrons. The van der Waals surface area contributed by atoms with E-state index in [1.54, 1.807) is 30.0 Å². The summed E-state index contributed by atoms with van der Waals surface area (Å²) < 4.78 is 19.3. The molecule has 1 fully saturated rings. The number of benzene rings is 1. The number of esters is 1. The van der Waals surface area contributed by atoms with Crippen molar-refractivity contribution in [2.24, 2.45) is 10.6 Å². The average Bonchev–Trinajstić information content (AvgIpc) is 3.10. The standard InChI is InChI=1S/C20H25FN2O4/c1-3-26-19(25)20(9-6-10-23(13-20)14(2)24)12-15-11-18(22-27-15)16-7-4-5-8-17(16)21/h4-5,7-8,15H,3,6,9-13H2,1-2H3/t15-,20-/m0/s1. The number of amides is 1. The molecule has 1 aromatic rings. The fourth-order valence-electron chi connectivity index (χ4n) is 3.93. The molecular formula is C20H25FN2O4. The van der Waals surface area contributed by atoms with Crippen LogP contribution in [-0.2, 0) is 19.2 Å². The zero-order valence-electron chi connectivity index (χ0n) is 15.7. The fourth-order valence-corrected chi connectivity index (χ4v) is 3.93. The van der Waals surface area contributed by atoms with Crippen LogP contribution < -0.4 is 0 Å². The van der Waals surface area contributed by atoms with Gasteiger partial charge in [0.15, 0.2) is 0 Å². The number of halogens is 1. The molecule has 0 saturated carbocycles. The van der Waals surface area contributed by atoms with Crippen LogP contribution >= 0.6 is 0 Å². The van der Waals surface area contributed by atoms with Gasteiger partial charge in [-0.25, -0.2) is 4.39 Å². The molecule has 6 nitrogen and oxygen atoms in total. The van der Waals surface area contributed by atoms with Crippen molar-refractivity contribution in [3.05, 3.63) is 35.6 Å². The summed E-state index contributed by atoms with van der Waals surface area (Å²) in [5.74, 6) is -0.709. The molecule has 0 aliphatic carbocycles. The number of hydrogen-bond donors (Lipinski definition) is 0. The molecule has 7 heteroatoms. The van der Waals surface area contributed by atoms with Crippen LogP contribution in [0.5, 0.6) is 0 Å². The molecule has 0 bridgehead atoms. The Morgan fingerprint density at radius 1 is 1.41 bits per heavy atom. The van der Waals surface area contributed by atoms with Crippen LogP contribution in [0.15, 0.2) is 29.4 Å².